The Morgan fingerprint density at radius 2 is 2.53 bits per heavy atom. The summed E-state index contributed by atoms with van der Waals surface area (Å²) in [7, 11) is 0. The van der Waals surface area contributed by atoms with Crippen molar-refractivity contribution >= 4 is 18.8 Å². The minimum Gasteiger partial charge on any atom is -0.347 e. The zero-order chi connectivity index (χ0) is 12.3. The van der Waals surface area contributed by atoms with Gasteiger partial charge in [-0.15, -0.1) is 0 Å². The maximum atomic E-state index is 12.1. The van der Waals surface area contributed by atoms with Crippen molar-refractivity contribution in [1.82, 2.24) is 19.2 Å². The Morgan fingerprint density at radius 1 is 1.71 bits per heavy atom. The lowest BCUT2D eigenvalue weighted by atomic mass is 10.1. The van der Waals surface area contributed by atoms with Crippen LogP contribution in [0, 0.1) is 0 Å². The SMILES string of the molecule is CCCCN(S)C(=O)N1CCc2nc[nH]c2C1. The van der Waals surface area contributed by atoms with Gasteiger partial charge in [-0.1, -0.05) is 26.2 Å². The summed E-state index contributed by atoms with van der Waals surface area (Å²) in [6.07, 6.45) is 4.56. The first-order valence-corrected chi connectivity index (χ1v) is 6.38. The number of H-pyrrole nitrogens is 1. The molecule has 0 radical (unpaired) electrons. The van der Waals surface area contributed by atoms with E-state index in [1.165, 1.54) is 4.31 Å². The van der Waals surface area contributed by atoms with Gasteiger partial charge in [0.2, 0.25) is 0 Å². The molecular formula is C11H18N4OS. The fourth-order valence-corrected chi connectivity index (χ4v) is 2.21. The summed E-state index contributed by atoms with van der Waals surface area (Å²) in [4.78, 5) is 21.2. The maximum Gasteiger partial charge on any atom is 0.330 e. The van der Waals surface area contributed by atoms with E-state index in [0.29, 0.717) is 13.1 Å². The van der Waals surface area contributed by atoms with Gasteiger partial charge in [0.25, 0.3) is 0 Å². The van der Waals surface area contributed by atoms with Crippen LogP contribution in [0.3, 0.4) is 0 Å². The zero-order valence-electron chi connectivity index (χ0n) is 10.0. The summed E-state index contributed by atoms with van der Waals surface area (Å²) in [5.41, 5.74) is 2.12. The molecule has 0 saturated carbocycles. The summed E-state index contributed by atoms with van der Waals surface area (Å²) < 4.78 is 1.50. The van der Waals surface area contributed by atoms with Crippen molar-refractivity contribution in [3.63, 3.8) is 0 Å². The van der Waals surface area contributed by atoms with Crippen LogP contribution in [0.5, 0.6) is 0 Å². The fraction of sp³-hybridized carbons (Fsp3) is 0.636. The van der Waals surface area contributed by atoms with Gasteiger partial charge in [0.05, 0.1) is 24.3 Å². The quantitative estimate of drug-likeness (QED) is 0.809. The zero-order valence-corrected chi connectivity index (χ0v) is 10.9. The Bertz CT molecular complexity index is 393. The van der Waals surface area contributed by atoms with Crippen LogP contribution in [0.2, 0.25) is 0 Å². The number of carbonyl (C=O) groups excluding carboxylic acids is 1. The Kier molecular flexibility index (Phi) is 3.93. The number of amides is 2. The molecule has 0 saturated heterocycles. The van der Waals surface area contributed by atoms with Crippen LogP contribution in [-0.2, 0) is 13.0 Å². The van der Waals surface area contributed by atoms with Crippen molar-refractivity contribution in [2.24, 2.45) is 0 Å². The number of aromatic nitrogens is 2. The van der Waals surface area contributed by atoms with Gasteiger partial charge in [-0.05, 0) is 6.42 Å². The molecule has 94 valence electrons. The van der Waals surface area contributed by atoms with Crippen LogP contribution >= 0.6 is 12.8 Å². The highest BCUT2D eigenvalue weighted by Crippen LogP contribution is 2.17. The number of fused-ring (bicyclic) bond motifs is 1. The summed E-state index contributed by atoms with van der Waals surface area (Å²) in [5.74, 6) is 0. The summed E-state index contributed by atoms with van der Waals surface area (Å²) >= 11 is 4.24. The summed E-state index contributed by atoms with van der Waals surface area (Å²) in [6.45, 7) is 4.13. The van der Waals surface area contributed by atoms with E-state index < -0.39 is 0 Å². The molecule has 1 aromatic rings. The second-order valence-corrected chi connectivity index (χ2v) is 4.74. The molecule has 0 fully saturated rings. The average Bonchev–Trinajstić information content (AvgIpc) is 2.81. The van der Waals surface area contributed by atoms with Gasteiger partial charge in [0, 0.05) is 19.5 Å². The predicted molar refractivity (Wildman–Crippen MR) is 68.7 cm³/mol. The van der Waals surface area contributed by atoms with Crippen molar-refractivity contribution in [3.05, 3.63) is 17.7 Å². The first kappa shape index (κ1) is 12.3. The van der Waals surface area contributed by atoms with Gasteiger partial charge in [-0.3, -0.25) is 4.31 Å². The minimum absolute atomic E-state index is 0.0120. The van der Waals surface area contributed by atoms with Gasteiger partial charge in [0.15, 0.2) is 0 Å². The standard InChI is InChI=1S/C11H18N4OS/c1-2-3-5-15(17)11(16)14-6-4-9-10(7-14)13-8-12-9/h8,17H,2-7H2,1H3,(H,12,13). The highest BCUT2D eigenvalue weighted by Gasteiger charge is 2.24. The number of carbonyl (C=O) groups is 1. The molecule has 1 aliphatic heterocycles. The van der Waals surface area contributed by atoms with Crippen molar-refractivity contribution in [2.45, 2.75) is 32.7 Å². The smallest absolute Gasteiger partial charge is 0.330 e. The Morgan fingerprint density at radius 3 is 3.29 bits per heavy atom. The molecule has 6 heteroatoms. The van der Waals surface area contributed by atoms with Crippen LogP contribution in [0.15, 0.2) is 6.33 Å². The van der Waals surface area contributed by atoms with E-state index >= 15 is 0 Å². The van der Waals surface area contributed by atoms with E-state index in [-0.39, 0.29) is 6.03 Å². The molecular weight excluding hydrogens is 236 g/mol. The van der Waals surface area contributed by atoms with Gasteiger partial charge < -0.3 is 9.88 Å². The molecule has 1 N–H and O–H groups in total. The average molecular weight is 254 g/mol. The number of imidazole rings is 1. The Labute approximate surface area is 107 Å². The third-order valence-electron chi connectivity index (χ3n) is 2.99. The van der Waals surface area contributed by atoms with Gasteiger partial charge in [-0.25, -0.2) is 9.78 Å². The number of hydrogen-bond acceptors (Lipinski definition) is 3. The second-order valence-electron chi connectivity index (χ2n) is 4.26. The Balaban J connectivity index is 1.93. The normalized spacial score (nSPS) is 14.6. The minimum atomic E-state index is -0.0120. The molecule has 0 aromatic carbocycles. The highest BCUT2D eigenvalue weighted by atomic mass is 32.1. The monoisotopic (exact) mass is 254 g/mol. The number of nitrogens with one attached hydrogen (secondary N) is 1. The molecule has 17 heavy (non-hydrogen) atoms. The number of nitrogens with zero attached hydrogens (tertiary/aromatic N) is 3. The summed E-state index contributed by atoms with van der Waals surface area (Å²) in [5, 5.41) is 0. The van der Waals surface area contributed by atoms with Crippen molar-refractivity contribution in [2.75, 3.05) is 13.1 Å². The number of rotatable bonds is 3. The summed E-state index contributed by atoms with van der Waals surface area (Å²) in [6, 6.07) is -0.0120. The number of thiol groups is 1. The van der Waals surface area contributed by atoms with E-state index in [1.807, 2.05) is 4.90 Å². The first-order valence-electron chi connectivity index (χ1n) is 5.98. The highest BCUT2D eigenvalue weighted by molar-refractivity contribution is 7.78. The molecule has 1 aromatic heterocycles. The molecule has 2 amide bonds. The number of hydrogen-bond donors (Lipinski definition) is 2. The van der Waals surface area contributed by atoms with Gasteiger partial charge >= 0.3 is 6.03 Å². The number of urea groups is 1. The van der Waals surface area contributed by atoms with E-state index in [4.69, 9.17) is 0 Å². The van der Waals surface area contributed by atoms with Crippen molar-refractivity contribution in [1.29, 1.82) is 0 Å². The lowest BCUT2D eigenvalue weighted by molar-refractivity contribution is 0.174. The van der Waals surface area contributed by atoms with Crippen molar-refractivity contribution < 1.29 is 4.79 Å². The molecule has 0 bridgehead atoms. The largest absolute Gasteiger partial charge is 0.347 e. The fourth-order valence-electron chi connectivity index (χ4n) is 1.94. The van der Waals surface area contributed by atoms with E-state index in [0.717, 1.165) is 37.2 Å². The van der Waals surface area contributed by atoms with E-state index in [1.54, 1.807) is 6.33 Å². The van der Waals surface area contributed by atoms with Gasteiger partial charge in [0.1, 0.15) is 0 Å². The second kappa shape index (κ2) is 5.44. The third kappa shape index (κ3) is 2.74. The lowest BCUT2D eigenvalue weighted by Gasteiger charge is -2.29. The molecule has 0 aliphatic carbocycles. The van der Waals surface area contributed by atoms with Crippen molar-refractivity contribution in [3.8, 4) is 0 Å². The number of unbranched alkanes of at least 4 members (excludes halogenated alkanes) is 1. The third-order valence-corrected chi connectivity index (χ3v) is 3.36. The molecule has 0 spiro atoms. The van der Waals surface area contributed by atoms with Crippen LogP contribution in [-0.4, -0.2) is 38.3 Å². The number of aromatic amines is 1. The van der Waals surface area contributed by atoms with Crippen LogP contribution in [0.1, 0.15) is 31.2 Å². The van der Waals surface area contributed by atoms with Gasteiger partial charge in [-0.2, -0.15) is 0 Å². The van der Waals surface area contributed by atoms with E-state index in [9.17, 15) is 4.79 Å². The predicted octanol–water partition coefficient (Wildman–Crippen LogP) is 1.83. The van der Waals surface area contributed by atoms with E-state index in [2.05, 4.69) is 29.7 Å². The van der Waals surface area contributed by atoms with Crippen LogP contribution in [0.25, 0.3) is 0 Å². The molecule has 5 nitrogen and oxygen atoms in total. The van der Waals surface area contributed by atoms with Crippen LogP contribution in [0.4, 0.5) is 4.79 Å². The molecule has 0 unspecified atom stereocenters. The lowest BCUT2D eigenvalue weighted by Crippen LogP contribution is -2.42. The maximum absolute atomic E-state index is 12.1. The molecule has 2 heterocycles. The first-order chi connectivity index (χ1) is 8.22. The van der Waals surface area contributed by atoms with Crippen LogP contribution < -0.4 is 0 Å². The topological polar surface area (TPSA) is 52.2 Å². The molecule has 2 rings (SSSR count). The Hall–Kier alpha value is -1.17. The molecule has 1 aliphatic rings. The molecule has 0 atom stereocenters.